The fourth-order valence-electron chi connectivity index (χ4n) is 2.94. The Balaban J connectivity index is 1.64. The number of ether oxygens (including phenoxy) is 2. The van der Waals surface area contributed by atoms with E-state index in [1.165, 1.54) is 11.3 Å². The van der Waals surface area contributed by atoms with Gasteiger partial charge < -0.3 is 14.8 Å². The summed E-state index contributed by atoms with van der Waals surface area (Å²) >= 11 is 7.27. The summed E-state index contributed by atoms with van der Waals surface area (Å²) < 4.78 is 10.9. The van der Waals surface area contributed by atoms with Gasteiger partial charge >= 0.3 is 5.97 Å². The van der Waals surface area contributed by atoms with Crippen molar-refractivity contribution in [3.8, 4) is 16.9 Å². The summed E-state index contributed by atoms with van der Waals surface area (Å²) in [4.78, 5) is 25.1. The quantitative estimate of drug-likeness (QED) is 0.300. The molecule has 0 aliphatic rings. The molecule has 162 valence electrons. The predicted molar refractivity (Wildman–Crippen MR) is 125 cm³/mol. The van der Waals surface area contributed by atoms with E-state index in [4.69, 9.17) is 21.1 Å². The second-order valence-electron chi connectivity index (χ2n) is 6.89. The van der Waals surface area contributed by atoms with Crippen LogP contribution in [0.2, 0.25) is 5.02 Å². The average molecular weight is 458 g/mol. The highest BCUT2D eigenvalue weighted by atomic mass is 35.5. The lowest BCUT2D eigenvalue weighted by Gasteiger charge is -2.09. The molecular formula is C24H24ClNO4S. The van der Waals surface area contributed by atoms with Crippen LogP contribution in [0.3, 0.4) is 0 Å². The number of rotatable bonds is 9. The lowest BCUT2D eigenvalue weighted by atomic mass is 10.0. The third-order valence-corrected chi connectivity index (χ3v) is 5.66. The van der Waals surface area contributed by atoms with Gasteiger partial charge in [0.05, 0.1) is 13.2 Å². The number of anilines is 1. The minimum absolute atomic E-state index is 0.178. The molecule has 0 radical (unpaired) electrons. The molecule has 0 aliphatic carbocycles. The van der Waals surface area contributed by atoms with Crippen LogP contribution in [0.5, 0.6) is 5.75 Å². The SMILES string of the molecule is CCOC(=O)c1c(-c2ccc(Cl)cc2)csc1NC(=O)CCCOc1ccc(C)cc1. The van der Waals surface area contributed by atoms with E-state index in [1.54, 1.807) is 19.1 Å². The van der Waals surface area contributed by atoms with E-state index in [2.05, 4.69) is 5.32 Å². The zero-order valence-electron chi connectivity index (χ0n) is 17.4. The number of nitrogens with one attached hydrogen (secondary N) is 1. The van der Waals surface area contributed by atoms with Crippen molar-refractivity contribution < 1.29 is 19.1 Å². The second kappa shape index (κ2) is 11.0. The van der Waals surface area contributed by atoms with Crippen molar-refractivity contribution in [1.29, 1.82) is 0 Å². The molecule has 0 unspecified atom stereocenters. The lowest BCUT2D eigenvalue weighted by Crippen LogP contribution is -2.15. The van der Waals surface area contributed by atoms with Crippen molar-refractivity contribution in [2.75, 3.05) is 18.5 Å². The Bertz CT molecular complexity index is 1030. The number of hydrogen-bond donors (Lipinski definition) is 1. The fourth-order valence-corrected chi connectivity index (χ4v) is 4.04. The molecule has 1 heterocycles. The molecule has 3 aromatic rings. The molecule has 1 aromatic heterocycles. The molecule has 7 heteroatoms. The molecule has 31 heavy (non-hydrogen) atoms. The number of halogens is 1. The first kappa shape index (κ1) is 22.8. The minimum Gasteiger partial charge on any atom is -0.494 e. The first-order valence-corrected chi connectivity index (χ1v) is 11.3. The monoisotopic (exact) mass is 457 g/mol. The summed E-state index contributed by atoms with van der Waals surface area (Å²) in [5.41, 5.74) is 3.06. The van der Waals surface area contributed by atoms with Gasteiger partial charge in [0, 0.05) is 22.4 Å². The maximum absolute atomic E-state index is 12.6. The molecule has 2 aromatic carbocycles. The van der Waals surface area contributed by atoms with Gasteiger partial charge in [-0.1, -0.05) is 41.4 Å². The highest BCUT2D eigenvalue weighted by Crippen LogP contribution is 2.36. The van der Waals surface area contributed by atoms with Crippen molar-refractivity contribution in [1.82, 2.24) is 0 Å². The van der Waals surface area contributed by atoms with E-state index in [0.717, 1.165) is 16.9 Å². The summed E-state index contributed by atoms with van der Waals surface area (Å²) in [6.45, 7) is 4.44. The van der Waals surface area contributed by atoms with E-state index in [0.29, 0.717) is 34.2 Å². The van der Waals surface area contributed by atoms with Crippen LogP contribution in [0.1, 0.15) is 35.7 Å². The van der Waals surface area contributed by atoms with E-state index >= 15 is 0 Å². The molecule has 0 bridgehead atoms. The summed E-state index contributed by atoms with van der Waals surface area (Å²) in [5, 5.41) is 5.78. The molecule has 1 N–H and O–H groups in total. The molecule has 0 saturated carbocycles. The highest BCUT2D eigenvalue weighted by molar-refractivity contribution is 7.15. The fraction of sp³-hybridized carbons (Fsp3) is 0.250. The Hall–Kier alpha value is -2.83. The van der Waals surface area contributed by atoms with Gasteiger partial charge in [-0.2, -0.15) is 0 Å². The number of hydrogen-bond acceptors (Lipinski definition) is 5. The molecule has 0 spiro atoms. The normalized spacial score (nSPS) is 10.5. The number of carbonyl (C=O) groups excluding carboxylic acids is 2. The molecule has 0 atom stereocenters. The Morgan fingerprint density at radius 1 is 1.06 bits per heavy atom. The summed E-state index contributed by atoms with van der Waals surface area (Å²) in [7, 11) is 0. The van der Waals surface area contributed by atoms with Gasteiger partial charge in [0.2, 0.25) is 5.91 Å². The van der Waals surface area contributed by atoms with Crippen molar-refractivity contribution in [3.63, 3.8) is 0 Å². The number of amides is 1. The molecule has 5 nitrogen and oxygen atoms in total. The molecule has 3 rings (SSSR count). The van der Waals surface area contributed by atoms with E-state index in [-0.39, 0.29) is 18.9 Å². The molecule has 0 saturated heterocycles. The van der Waals surface area contributed by atoms with Gasteiger partial charge in [0.1, 0.15) is 16.3 Å². The van der Waals surface area contributed by atoms with Crippen LogP contribution in [-0.4, -0.2) is 25.1 Å². The largest absolute Gasteiger partial charge is 0.494 e. The van der Waals surface area contributed by atoms with Crippen molar-refractivity contribution in [2.45, 2.75) is 26.7 Å². The standard InChI is InChI=1S/C24H24ClNO4S/c1-3-29-24(28)22-20(17-8-10-18(25)11-9-17)15-31-23(22)26-21(27)5-4-14-30-19-12-6-16(2)7-13-19/h6-13,15H,3-5,14H2,1-2H3,(H,26,27). The Morgan fingerprint density at radius 3 is 2.45 bits per heavy atom. The van der Waals surface area contributed by atoms with Crippen molar-refractivity contribution in [2.24, 2.45) is 0 Å². The van der Waals surface area contributed by atoms with Crippen LogP contribution >= 0.6 is 22.9 Å². The maximum Gasteiger partial charge on any atom is 0.341 e. The Morgan fingerprint density at radius 2 is 1.77 bits per heavy atom. The number of benzene rings is 2. The molecule has 0 fully saturated rings. The van der Waals surface area contributed by atoms with Gasteiger partial charge in [-0.15, -0.1) is 11.3 Å². The predicted octanol–water partition coefficient (Wildman–Crippen LogP) is 6.35. The van der Waals surface area contributed by atoms with Gasteiger partial charge in [0.25, 0.3) is 0 Å². The Labute approximate surface area is 191 Å². The Kier molecular flexibility index (Phi) is 8.09. The van der Waals surface area contributed by atoms with Crippen LogP contribution in [0, 0.1) is 6.92 Å². The zero-order chi connectivity index (χ0) is 22.2. The minimum atomic E-state index is -0.466. The smallest absolute Gasteiger partial charge is 0.341 e. The molecule has 1 amide bonds. The maximum atomic E-state index is 12.6. The van der Waals surface area contributed by atoms with Crippen LogP contribution in [-0.2, 0) is 9.53 Å². The van der Waals surface area contributed by atoms with Crippen LogP contribution in [0.15, 0.2) is 53.9 Å². The van der Waals surface area contributed by atoms with Crippen LogP contribution < -0.4 is 10.1 Å². The number of thiophene rings is 1. The number of carbonyl (C=O) groups is 2. The van der Waals surface area contributed by atoms with Crippen molar-refractivity contribution in [3.05, 3.63) is 70.1 Å². The topological polar surface area (TPSA) is 64.6 Å². The van der Waals surface area contributed by atoms with Gasteiger partial charge in [-0.05, 0) is 50.1 Å². The highest BCUT2D eigenvalue weighted by Gasteiger charge is 2.22. The number of aryl methyl sites for hydroxylation is 1. The van der Waals surface area contributed by atoms with Crippen LogP contribution in [0.25, 0.3) is 11.1 Å². The number of esters is 1. The summed E-state index contributed by atoms with van der Waals surface area (Å²) in [5.74, 6) is 0.135. The van der Waals surface area contributed by atoms with E-state index in [1.807, 2.05) is 48.7 Å². The van der Waals surface area contributed by atoms with Crippen LogP contribution in [0.4, 0.5) is 5.00 Å². The summed E-state index contributed by atoms with van der Waals surface area (Å²) in [6.07, 6.45) is 0.839. The van der Waals surface area contributed by atoms with E-state index < -0.39 is 5.97 Å². The zero-order valence-corrected chi connectivity index (χ0v) is 19.0. The summed E-state index contributed by atoms with van der Waals surface area (Å²) in [6, 6.07) is 15.0. The second-order valence-corrected chi connectivity index (χ2v) is 8.21. The van der Waals surface area contributed by atoms with Gasteiger partial charge in [-0.25, -0.2) is 4.79 Å². The molecular weight excluding hydrogens is 434 g/mol. The van der Waals surface area contributed by atoms with Gasteiger partial charge in [0.15, 0.2) is 0 Å². The molecule has 0 aliphatic heterocycles. The first-order valence-electron chi connectivity index (χ1n) is 10.0. The third-order valence-electron chi connectivity index (χ3n) is 4.52. The van der Waals surface area contributed by atoms with Crippen molar-refractivity contribution >= 4 is 39.8 Å². The van der Waals surface area contributed by atoms with Gasteiger partial charge in [-0.3, -0.25) is 4.79 Å². The average Bonchev–Trinajstić information content (AvgIpc) is 3.16. The van der Waals surface area contributed by atoms with E-state index in [9.17, 15) is 9.59 Å². The first-order chi connectivity index (χ1) is 15.0. The third kappa shape index (κ3) is 6.32. The lowest BCUT2D eigenvalue weighted by molar-refractivity contribution is -0.116.